The number of nitrogens with zero attached hydrogens (tertiary/aromatic N) is 3. The van der Waals surface area contributed by atoms with Crippen molar-refractivity contribution in [3.8, 4) is 0 Å². The lowest BCUT2D eigenvalue weighted by atomic mass is 10.4. The molecular weight excluding hydrogens is 162 g/mol. The molecule has 1 aromatic rings. The molecule has 60 valence electrons. The van der Waals surface area contributed by atoms with E-state index in [1.54, 1.807) is 0 Å². The molecule has 0 atom stereocenters. The highest BCUT2D eigenvalue weighted by Crippen LogP contribution is 2.09. The molecule has 11 heavy (non-hydrogen) atoms. The summed E-state index contributed by atoms with van der Waals surface area (Å²) in [5.41, 5.74) is 11.2. The Bertz CT molecular complexity index is 262. The number of aryl methyl sites for hydroxylation is 1. The number of hydrogen-bond acceptors (Lipinski definition) is 4. The average Bonchev–Trinajstić information content (AvgIpc) is 2.31. The van der Waals surface area contributed by atoms with Gasteiger partial charge in [-0.2, -0.15) is 0 Å². The van der Waals surface area contributed by atoms with E-state index in [0.717, 1.165) is 10.6 Å². The minimum absolute atomic E-state index is 0.0952. The lowest BCUT2D eigenvalue weighted by molar-refractivity contribution is 1.02. The highest BCUT2D eigenvalue weighted by Gasteiger charge is 2.00. The predicted molar refractivity (Wildman–Crippen MR) is 44.2 cm³/mol. The summed E-state index contributed by atoms with van der Waals surface area (Å²) in [6, 6.07) is 0. The number of aliphatic imine (C=N–C) groups is 1. The summed E-state index contributed by atoms with van der Waals surface area (Å²) in [4.78, 5) is 4.83. The van der Waals surface area contributed by atoms with E-state index in [-0.39, 0.29) is 5.96 Å². The first-order chi connectivity index (χ1) is 5.20. The van der Waals surface area contributed by atoms with Gasteiger partial charge >= 0.3 is 0 Å². The van der Waals surface area contributed by atoms with Crippen LogP contribution in [0.1, 0.15) is 10.6 Å². The molecule has 0 saturated carbocycles. The van der Waals surface area contributed by atoms with Crippen LogP contribution in [0.25, 0.3) is 0 Å². The maximum atomic E-state index is 5.15. The number of nitrogens with two attached hydrogens (primary N) is 2. The number of aromatic nitrogens is 2. The Hall–Kier alpha value is -1.17. The number of rotatable bonds is 2. The van der Waals surface area contributed by atoms with Crippen molar-refractivity contribution in [3.05, 3.63) is 10.6 Å². The van der Waals surface area contributed by atoms with E-state index in [2.05, 4.69) is 14.6 Å². The summed E-state index contributed by atoms with van der Waals surface area (Å²) in [7, 11) is 0. The Morgan fingerprint density at radius 1 is 1.64 bits per heavy atom. The first-order valence-corrected chi connectivity index (χ1v) is 3.80. The second-order valence-corrected chi connectivity index (χ2v) is 2.86. The van der Waals surface area contributed by atoms with Crippen LogP contribution < -0.4 is 11.5 Å². The van der Waals surface area contributed by atoms with Gasteiger partial charge in [0, 0.05) is 0 Å². The van der Waals surface area contributed by atoms with Crippen molar-refractivity contribution in [2.45, 2.75) is 13.5 Å². The molecule has 0 unspecified atom stereocenters. The van der Waals surface area contributed by atoms with Gasteiger partial charge in [0.05, 0.1) is 17.1 Å². The topological polar surface area (TPSA) is 90.2 Å². The third kappa shape index (κ3) is 2.15. The largest absolute Gasteiger partial charge is 0.370 e. The Morgan fingerprint density at radius 3 is 2.82 bits per heavy atom. The van der Waals surface area contributed by atoms with Gasteiger partial charge in [0.25, 0.3) is 0 Å². The highest BCUT2D eigenvalue weighted by atomic mass is 32.1. The van der Waals surface area contributed by atoms with Crippen molar-refractivity contribution in [1.82, 2.24) is 9.59 Å². The summed E-state index contributed by atoms with van der Waals surface area (Å²) < 4.78 is 3.74. The van der Waals surface area contributed by atoms with E-state index in [1.807, 2.05) is 6.92 Å². The van der Waals surface area contributed by atoms with Crippen LogP contribution in [-0.2, 0) is 6.54 Å². The third-order valence-electron chi connectivity index (χ3n) is 1.15. The zero-order chi connectivity index (χ0) is 8.27. The highest BCUT2D eigenvalue weighted by molar-refractivity contribution is 7.05. The zero-order valence-electron chi connectivity index (χ0n) is 6.11. The monoisotopic (exact) mass is 171 g/mol. The first kappa shape index (κ1) is 7.93. The Labute approximate surface area is 68.3 Å². The van der Waals surface area contributed by atoms with E-state index < -0.39 is 0 Å². The number of hydrogen-bond donors (Lipinski definition) is 2. The van der Waals surface area contributed by atoms with Gasteiger partial charge in [-0.3, -0.25) is 0 Å². The summed E-state index contributed by atoms with van der Waals surface area (Å²) >= 11 is 1.31. The van der Waals surface area contributed by atoms with Gasteiger partial charge in [-0.05, 0) is 18.5 Å². The molecule has 0 bridgehead atoms. The Kier molecular flexibility index (Phi) is 2.37. The molecule has 0 fully saturated rings. The van der Waals surface area contributed by atoms with Gasteiger partial charge in [0.2, 0.25) is 0 Å². The molecule has 0 aliphatic heterocycles. The van der Waals surface area contributed by atoms with E-state index in [9.17, 15) is 0 Å². The fourth-order valence-electron chi connectivity index (χ4n) is 0.559. The Balaban J connectivity index is 2.65. The van der Waals surface area contributed by atoms with Crippen molar-refractivity contribution >= 4 is 17.5 Å². The minimum atomic E-state index is 0.0952. The molecule has 1 rings (SSSR count). The minimum Gasteiger partial charge on any atom is -0.370 e. The van der Waals surface area contributed by atoms with Crippen LogP contribution in [0.15, 0.2) is 4.99 Å². The van der Waals surface area contributed by atoms with E-state index in [4.69, 9.17) is 11.5 Å². The normalized spacial score (nSPS) is 9.55. The quantitative estimate of drug-likeness (QED) is 0.469. The van der Waals surface area contributed by atoms with Gasteiger partial charge in [-0.1, -0.05) is 4.49 Å². The average molecular weight is 171 g/mol. The molecule has 6 heteroatoms. The van der Waals surface area contributed by atoms with E-state index in [0.29, 0.717) is 6.54 Å². The van der Waals surface area contributed by atoms with Crippen molar-refractivity contribution in [2.24, 2.45) is 16.5 Å². The van der Waals surface area contributed by atoms with Crippen LogP contribution in [-0.4, -0.2) is 15.5 Å². The van der Waals surface area contributed by atoms with Gasteiger partial charge in [0.15, 0.2) is 5.96 Å². The summed E-state index contributed by atoms with van der Waals surface area (Å²) in [6.07, 6.45) is 0. The second kappa shape index (κ2) is 3.29. The SMILES string of the molecule is Cc1nnsc1CN=C(N)N. The molecule has 0 aliphatic rings. The van der Waals surface area contributed by atoms with Crippen LogP contribution in [0.2, 0.25) is 0 Å². The molecule has 0 radical (unpaired) electrons. The van der Waals surface area contributed by atoms with Crippen molar-refractivity contribution < 1.29 is 0 Å². The molecule has 1 aromatic heterocycles. The maximum absolute atomic E-state index is 5.15. The van der Waals surface area contributed by atoms with Gasteiger partial charge < -0.3 is 11.5 Å². The van der Waals surface area contributed by atoms with E-state index in [1.165, 1.54) is 11.5 Å². The van der Waals surface area contributed by atoms with Crippen LogP contribution in [0, 0.1) is 6.92 Å². The third-order valence-corrected chi connectivity index (χ3v) is 1.96. The molecule has 1 heterocycles. The standard InChI is InChI=1S/C5H9N5S/c1-3-4(11-10-9-3)2-8-5(6)7/h2H2,1H3,(H4,6,7,8). The molecule has 0 aromatic carbocycles. The van der Waals surface area contributed by atoms with Gasteiger partial charge in [-0.15, -0.1) is 5.10 Å². The molecule has 0 amide bonds. The van der Waals surface area contributed by atoms with E-state index >= 15 is 0 Å². The van der Waals surface area contributed by atoms with Crippen LogP contribution >= 0.6 is 11.5 Å². The van der Waals surface area contributed by atoms with Crippen LogP contribution in [0.3, 0.4) is 0 Å². The first-order valence-electron chi connectivity index (χ1n) is 3.03. The van der Waals surface area contributed by atoms with Crippen molar-refractivity contribution in [3.63, 3.8) is 0 Å². The summed E-state index contributed by atoms with van der Waals surface area (Å²) in [6.45, 7) is 2.35. The fourth-order valence-corrected chi connectivity index (χ4v) is 1.12. The van der Waals surface area contributed by atoms with Crippen LogP contribution in [0.4, 0.5) is 0 Å². The van der Waals surface area contributed by atoms with Crippen molar-refractivity contribution in [1.29, 1.82) is 0 Å². The number of guanidine groups is 1. The molecule has 4 N–H and O–H groups in total. The summed E-state index contributed by atoms with van der Waals surface area (Å²) in [5, 5.41) is 3.81. The predicted octanol–water partition coefficient (Wildman–Crippen LogP) is -0.380. The molecule has 0 aliphatic carbocycles. The molecule has 5 nitrogen and oxygen atoms in total. The molecular formula is C5H9N5S. The fraction of sp³-hybridized carbons (Fsp3) is 0.400. The smallest absolute Gasteiger partial charge is 0.186 e. The van der Waals surface area contributed by atoms with Crippen LogP contribution in [0.5, 0.6) is 0 Å². The van der Waals surface area contributed by atoms with Gasteiger partial charge in [0.1, 0.15) is 0 Å². The summed E-state index contributed by atoms with van der Waals surface area (Å²) in [5.74, 6) is 0.0952. The maximum Gasteiger partial charge on any atom is 0.186 e. The molecule has 0 spiro atoms. The zero-order valence-corrected chi connectivity index (χ0v) is 6.93. The van der Waals surface area contributed by atoms with Crippen molar-refractivity contribution in [2.75, 3.05) is 0 Å². The molecule has 0 saturated heterocycles. The second-order valence-electron chi connectivity index (χ2n) is 2.02. The Morgan fingerprint density at radius 2 is 2.36 bits per heavy atom. The lowest BCUT2D eigenvalue weighted by Gasteiger charge is -1.90. The van der Waals surface area contributed by atoms with Gasteiger partial charge in [-0.25, -0.2) is 4.99 Å². The lowest BCUT2D eigenvalue weighted by Crippen LogP contribution is -2.22.